The molecule has 0 aromatic heterocycles. The first-order valence-electron chi connectivity index (χ1n) is 5.21. The highest BCUT2D eigenvalue weighted by atomic mass is 16.8. The molecule has 0 spiro atoms. The molecule has 17 heavy (non-hydrogen) atoms. The molecular weight excluding hydrogens is 228 g/mol. The summed E-state index contributed by atoms with van der Waals surface area (Å²) in [4.78, 5) is 10.4. The number of methoxy groups -OCH3 is 1. The number of carboxylic acid groups (broad SMARTS) is 1. The lowest BCUT2D eigenvalue weighted by Crippen LogP contribution is -2.35. The van der Waals surface area contributed by atoms with Crippen molar-refractivity contribution in [2.45, 2.75) is 44.2 Å². The van der Waals surface area contributed by atoms with E-state index in [1.165, 1.54) is 7.11 Å². The van der Waals surface area contributed by atoms with E-state index in [4.69, 9.17) is 24.1 Å². The molecule has 0 bridgehead atoms. The van der Waals surface area contributed by atoms with Gasteiger partial charge in [0.15, 0.2) is 18.2 Å². The fourth-order valence-corrected chi connectivity index (χ4v) is 1.99. The van der Waals surface area contributed by atoms with E-state index in [1.54, 1.807) is 13.8 Å². The summed E-state index contributed by atoms with van der Waals surface area (Å²) in [6, 6.07) is 0. The van der Waals surface area contributed by atoms with Crippen molar-refractivity contribution < 1.29 is 28.8 Å². The lowest BCUT2D eigenvalue weighted by Gasteiger charge is -2.22. The van der Waals surface area contributed by atoms with Crippen LogP contribution in [0.15, 0.2) is 0 Å². The van der Waals surface area contributed by atoms with E-state index in [9.17, 15) is 4.79 Å². The largest absolute Gasteiger partial charge is 0.472 e. The van der Waals surface area contributed by atoms with Gasteiger partial charge in [0.2, 0.25) is 0 Å². The maximum Gasteiger partial charge on any atom is 0.381 e. The van der Waals surface area contributed by atoms with Gasteiger partial charge in [0.1, 0.15) is 12.2 Å². The second kappa shape index (κ2) is 4.27. The van der Waals surface area contributed by atoms with Gasteiger partial charge in [-0.3, -0.25) is 0 Å². The van der Waals surface area contributed by atoms with Crippen molar-refractivity contribution in [2.24, 2.45) is 0 Å². The summed E-state index contributed by atoms with van der Waals surface area (Å²) in [6.07, 6.45) is -2.05. The van der Waals surface area contributed by atoms with Crippen molar-refractivity contribution in [3.05, 3.63) is 0 Å². The third-order valence-corrected chi connectivity index (χ3v) is 2.58. The van der Waals surface area contributed by atoms with Crippen molar-refractivity contribution in [2.75, 3.05) is 7.11 Å². The van der Waals surface area contributed by atoms with Gasteiger partial charge in [0.25, 0.3) is 0 Å². The first-order chi connectivity index (χ1) is 7.93. The van der Waals surface area contributed by atoms with E-state index in [2.05, 4.69) is 5.92 Å². The lowest BCUT2D eigenvalue weighted by atomic mass is 10.1. The molecule has 1 N–H and O–H groups in total. The number of rotatable bonds is 1. The summed E-state index contributed by atoms with van der Waals surface area (Å²) >= 11 is 0. The molecule has 2 saturated heterocycles. The van der Waals surface area contributed by atoms with E-state index in [1.807, 2.05) is 5.92 Å². The Balaban J connectivity index is 2.11. The molecule has 0 unspecified atom stereocenters. The van der Waals surface area contributed by atoms with Crippen LogP contribution in [0.2, 0.25) is 0 Å². The van der Waals surface area contributed by atoms with Crippen LogP contribution in [0.5, 0.6) is 0 Å². The Hall–Kier alpha value is -1.13. The highest BCUT2D eigenvalue weighted by Crippen LogP contribution is 2.38. The maximum absolute atomic E-state index is 10.4. The summed E-state index contributed by atoms with van der Waals surface area (Å²) < 4.78 is 21.8. The molecule has 0 saturated carbocycles. The fraction of sp³-hybridized carbons (Fsp3) is 0.727. The van der Waals surface area contributed by atoms with Crippen LogP contribution in [0.3, 0.4) is 0 Å². The molecule has 2 heterocycles. The highest BCUT2D eigenvalue weighted by molar-refractivity contribution is 5.86. The lowest BCUT2D eigenvalue weighted by molar-refractivity contribution is -0.209. The zero-order valence-electron chi connectivity index (χ0n) is 9.80. The van der Waals surface area contributed by atoms with Gasteiger partial charge in [-0.15, -0.1) is 0 Å². The third-order valence-electron chi connectivity index (χ3n) is 2.58. The number of aliphatic carboxylic acids is 1. The summed E-state index contributed by atoms with van der Waals surface area (Å²) in [5.41, 5.74) is 0. The third kappa shape index (κ3) is 2.42. The molecule has 0 aromatic rings. The maximum atomic E-state index is 10.4. The number of hydrogen-bond donors (Lipinski definition) is 1. The molecule has 6 heteroatoms. The summed E-state index contributed by atoms with van der Waals surface area (Å²) in [5, 5.41) is 8.49. The molecule has 2 aliphatic rings. The van der Waals surface area contributed by atoms with Gasteiger partial charge in [-0.2, -0.15) is 0 Å². The Morgan fingerprint density at radius 3 is 2.71 bits per heavy atom. The monoisotopic (exact) mass is 242 g/mol. The highest BCUT2D eigenvalue weighted by Gasteiger charge is 2.54. The average Bonchev–Trinajstić information content (AvgIpc) is 2.65. The van der Waals surface area contributed by atoms with Crippen LogP contribution in [0.1, 0.15) is 13.8 Å². The minimum absolute atomic E-state index is 0.386. The minimum Gasteiger partial charge on any atom is -0.472 e. The molecule has 2 fully saturated rings. The van der Waals surface area contributed by atoms with Crippen LogP contribution in [0.4, 0.5) is 0 Å². The first-order valence-corrected chi connectivity index (χ1v) is 5.21. The van der Waals surface area contributed by atoms with Crippen LogP contribution >= 0.6 is 0 Å². The van der Waals surface area contributed by atoms with E-state index in [0.29, 0.717) is 0 Å². The Bertz CT molecular complexity index is 379. The zero-order chi connectivity index (χ0) is 12.6. The van der Waals surface area contributed by atoms with Gasteiger partial charge in [0, 0.05) is 13.0 Å². The van der Waals surface area contributed by atoms with E-state index < -0.39 is 30.3 Å². The van der Waals surface area contributed by atoms with Crippen LogP contribution in [0.25, 0.3) is 0 Å². The standard InChI is InChI=1S/C11H14O6/c1-11(2)16-9-8(14-3)6(4-5-7(12)13)15-10(9)17-11/h6,8-10H,1-3H3,(H,12,13)/t6-,8+,9-,10-/m1/s1. The summed E-state index contributed by atoms with van der Waals surface area (Å²) in [6.45, 7) is 3.55. The molecule has 0 aliphatic carbocycles. The van der Waals surface area contributed by atoms with Gasteiger partial charge in [-0.1, -0.05) is 5.92 Å². The van der Waals surface area contributed by atoms with Gasteiger partial charge in [-0.05, 0) is 13.8 Å². The molecule has 0 aromatic carbocycles. The van der Waals surface area contributed by atoms with Crippen molar-refractivity contribution >= 4 is 5.97 Å². The summed E-state index contributed by atoms with van der Waals surface area (Å²) in [7, 11) is 1.50. The average molecular weight is 242 g/mol. The molecule has 4 atom stereocenters. The van der Waals surface area contributed by atoms with Crippen LogP contribution in [0, 0.1) is 11.8 Å². The SMILES string of the molecule is CO[C@@H]1[C@H]2OC(C)(C)O[C@H]2O[C@@H]1C#CC(=O)O. The van der Waals surface area contributed by atoms with E-state index in [0.717, 1.165) is 0 Å². The van der Waals surface area contributed by atoms with Crippen molar-refractivity contribution in [1.29, 1.82) is 0 Å². The predicted octanol–water partition coefficient (Wildman–Crippen LogP) is -0.0342. The Labute approximate surface area is 98.8 Å². The van der Waals surface area contributed by atoms with Gasteiger partial charge in [-0.25, -0.2) is 4.79 Å². The smallest absolute Gasteiger partial charge is 0.381 e. The number of carboxylic acids is 1. The second-order valence-electron chi connectivity index (χ2n) is 4.30. The van der Waals surface area contributed by atoms with Crippen LogP contribution < -0.4 is 0 Å². The number of hydrogen-bond acceptors (Lipinski definition) is 5. The van der Waals surface area contributed by atoms with Crippen molar-refractivity contribution in [3.63, 3.8) is 0 Å². The predicted molar refractivity (Wildman–Crippen MR) is 54.9 cm³/mol. The van der Waals surface area contributed by atoms with Crippen molar-refractivity contribution in [3.8, 4) is 11.8 Å². The molecular formula is C11H14O6. The molecule has 2 rings (SSSR count). The Morgan fingerprint density at radius 1 is 1.41 bits per heavy atom. The topological polar surface area (TPSA) is 74.2 Å². The Kier molecular flexibility index (Phi) is 3.10. The number of fused-ring (bicyclic) bond motifs is 1. The Morgan fingerprint density at radius 2 is 2.12 bits per heavy atom. The zero-order valence-corrected chi connectivity index (χ0v) is 9.80. The van der Waals surface area contributed by atoms with E-state index in [-0.39, 0.29) is 6.10 Å². The van der Waals surface area contributed by atoms with Crippen molar-refractivity contribution in [1.82, 2.24) is 0 Å². The number of ether oxygens (including phenoxy) is 4. The molecule has 94 valence electrons. The summed E-state index contributed by atoms with van der Waals surface area (Å²) in [5.74, 6) is 2.56. The molecule has 0 radical (unpaired) electrons. The minimum atomic E-state index is -1.21. The van der Waals surface area contributed by atoms with Crippen LogP contribution in [-0.4, -0.2) is 48.6 Å². The first kappa shape index (κ1) is 12.3. The van der Waals surface area contributed by atoms with E-state index >= 15 is 0 Å². The van der Waals surface area contributed by atoms with Gasteiger partial charge >= 0.3 is 5.97 Å². The van der Waals surface area contributed by atoms with Crippen LogP contribution in [-0.2, 0) is 23.7 Å². The molecule has 6 nitrogen and oxygen atoms in total. The molecule has 0 amide bonds. The number of carbonyl (C=O) groups is 1. The fourth-order valence-electron chi connectivity index (χ4n) is 1.99. The molecule has 2 aliphatic heterocycles. The van der Waals surface area contributed by atoms with Gasteiger partial charge in [0.05, 0.1) is 0 Å². The quantitative estimate of drug-likeness (QED) is 0.651. The second-order valence-corrected chi connectivity index (χ2v) is 4.30. The normalized spacial score (nSPS) is 38.3. The van der Waals surface area contributed by atoms with Gasteiger partial charge < -0.3 is 24.1 Å².